The summed E-state index contributed by atoms with van der Waals surface area (Å²) in [6.07, 6.45) is 0. The van der Waals surface area contributed by atoms with Gasteiger partial charge in [-0.2, -0.15) is 0 Å². The van der Waals surface area contributed by atoms with Gasteiger partial charge in [-0.25, -0.2) is 0 Å². The summed E-state index contributed by atoms with van der Waals surface area (Å²) in [6, 6.07) is 5.09. The summed E-state index contributed by atoms with van der Waals surface area (Å²) in [7, 11) is 1.62. The van der Waals surface area contributed by atoms with Crippen LogP contribution in [0.3, 0.4) is 0 Å². The second kappa shape index (κ2) is 7.68. The number of rotatable bonds is 8. The first-order chi connectivity index (χ1) is 8.69. The van der Waals surface area contributed by atoms with Crippen molar-refractivity contribution in [3.63, 3.8) is 0 Å². The smallest absolute Gasteiger partial charge is 0.176 e. The molecule has 0 saturated carbocycles. The first-order valence-corrected chi connectivity index (χ1v) is 5.94. The SMILES string of the molecule is CCOc1ccc(C(=O)CNCCOC)cc1N. The summed E-state index contributed by atoms with van der Waals surface area (Å²) >= 11 is 0. The van der Waals surface area contributed by atoms with Gasteiger partial charge in [-0.05, 0) is 25.1 Å². The summed E-state index contributed by atoms with van der Waals surface area (Å²) in [5, 5.41) is 3.00. The first kappa shape index (κ1) is 14.5. The topological polar surface area (TPSA) is 73.6 Å². The van der Waals surface area contributed by atoms with Crippen molar-refractivity contribution in [1.82, 2.24) is 5.32 Å². The standard InChI is InChI=1S/C13H20N2O3/c1-3-18-13-5-4-10(8-11(13)14)12(16)9-15-6-7-17-2/h4-5,8,15H,3,6-7,9,14H2,1-2H3. The van der Waals surface area contributed by atoms with Crippen molar-refractivity contribution in [1.29, 1.82) is 0 Å². The zero-order valence-corrected chi connectivity index (χ0v) is 10.9. The quantitative estimate of drug-likeness (QED) is 0.411. The average molecular weight is 252 g/mol. The number of hydrogen-bond acceptors (Lipinski definition) is 5. The van der Waals surface area contributed by atoms with E-state index in [2.05, 4.69) is 5.32 Å². The van der Waals surface area contributed by atoms with Crippen LogP contribution < -0.4 is 15.8 Å². The van der Waals surface area contributed by atoms with Gasteiger partial charge in [0.2, 0.25) is 0 Å². The van der Waals surface area contributed by atoms with Crippen LogP contribution in [0.5, 0.6) is 5.75 Å². The number of Topliss-reactive ketones (excluding diaryl/α,β-unsaturated/α-hetero) is 1. The fourth-order valence-corrected chi connectivity index (χ4v) is 1.49. The molecular weight excluding hydrogens is 232 g/mol. The van der Waals surface area contributed by atoms with Gasteiger partial charge in [0.1, 0.15) is 5.75 Å². The maximum atomic E-state index is 11.8. The minimum absolute atomic E-state index is 0.000788. The van der Waals surface area contributed by atoms with E-state index in [0.717, 1.165) is 0 Å². The lowest BCUT2D eigenvalue weighted by Gasteiger charge is -2.08. The lowest BCUT2D eigenvalue weighted by atomic mass is 10.1. The van der Waals surface area contributed by atoms with Crippen LogP contribution in [-0.4, -0.2) is 39.2 Å². The maximum Gasteiger partial charge on any atom is 0.176 e. The molecule has 0 aliphatic carbocycles. The molecule has 0 bridgehead atoms. The number of ketones is 1. The van der Waals surface area contributed by atoms with Gasteiger partial charge < -0.3 is 20.5 Å². The van der Waals surface area contributed by atoms with E-state index in [1.54, 1.807) is 25.3 Å². The van der Waals surface area contributed by atoms with E-state index in [0.29, 0.717) is 36.8 Å². The molecule has 0 aromatic heterocycles. The van der Waals surface area contributed by atoms with E-state index in [1.807, 2.05) is 6.92 Å². The van der Waals surface area contributed by atoms with Crippen LogP contribution in [0.2, 0.25) is 0 Å². The zero-order valence-electron chi connectivity index (χ0n) is 10.9. The van der Waals surface area contributed by atoms with Crippen molar-refractivity contribution in [3.8, 4) is 5.75 Å². The minimum Gasteiger partial charge on any atom is -0.492 e. The van der Waals surface area contributed by atoms with Crippen LogP contribution in [0.15, 0.2) is 18.2 Å². The lowest BCUT2D eigenvalue weighted by Crippen LogP contribution is -2.26. The van der Waals surface area contributed by atoms with Gasteiger partial charge in [-0.3, -0.25) is 4.79 Å². The number of hydrogen-bond donors (Lipinski definition) is 2. The Balaban J connectivity index is 2.55. The highest BCUT2D eigenvalue weighted by molar-refractivity contribution is 5.98. The molecule has 0 heterocycles. The number of methoxy groups -OCH3 is 1. The molecule has 0 radical (unpaired) electrons. The predicted molar refractivity (Wildman–Crippen MR) is 71.1 cm³/mol. The Kier molecular flexibility index (Phi) is 6.18. The van der Waals surface area contributed by atoms with Gasteiger partial charge in [0.25, 0.3) is 0 Å². The Labute approximate surface area is 107 Å². The van der Waals surface area contributed by atoms with E-state index in [4.69, 9.17) is 15.2 Å². The van der Waals surface area contributed by atoms with Crippen LogP contribution in [0.1, 0.15) is 17.3 Å². The van der Waals surface area contributed by atoms with Crippen molar-refractivity contribution in [2.75, 3.05) is 39.1 Å². The molecule has 0 atom stereocenters. The molecule has 0 spiro atoms. The number of benzene rings is 1. The number of carbonyl (C=O) groups is 1. The Morgan fingerprint density at radius 2 is 2.22 bits per heavy atom. The molecule has 3 N–H and O–H groups in total. The normalized spacial score (nSPS) is 10.3. The molecule has 0 aliphatic rings. The predicted octanol–water partition coefficient (Wildman–Crippen LogP) is 1.09. The second-order valence-corrected chi connectivity index (χ2v) is 3.78. The van der Waals surface area contributed by atoms with Gasteiger partial charge in [0, 0.05) is 19.2 Å². The molecule has 5 heteroatoms. The summed E-state index contributed by atoms with van der Waals surface area (Å²) in [5.41, 5.74) is 6.87. The number of nitrogens with two attached hydrogens (primary N) is 1. The van der Waals surface area contributed by atoms with E-state index in [9.17, 15) is 4.79 Å². The molecule has 5 nitrogen and oxygen atoms in total. The molecule has 0 unspecified atom stereocenters. The third-order valence-electron chi connectivity index (χ3n) is 2.40. The molecule has 0 fully saturated rings. The number of nitrogens with one attached hydrogen (secondary N) is 1. The van der Waals surface area contributed by atoms with Gasteiger partial charge >= 0.3 is 0 Å². The fourth-order valence-electron chi connectivity index (χ4n) is 1.49. The molecule has 18 heavy (non-hydrogen) atoms. The Morgan fingerprint density at radius 1 is 1.44 bits per heavy atom. The lowest BCUT2D eigenvalue weighted by molar-refractivity contribution is 0.0987. The molecule has 0 saturated heterocycles. The maximum absolute atomic E-state index is 11.8. The highest BCUT2D eigenvalue weighted by Crippen LogP contribution is 2.22. The minimum atomic E-state index is 0.000788. The molecule has 1 aromatic carbocycles. The van der Waals surface area contributed by atoms with E-state index < -0.39 is 0 Å². The van der Waals surface area contributed by atoms with Crippen molar-refractivity contribution < 1.29 is 14.3 Å². The first-order valence-electron chi connectivity index (χ1n) is 5.94. The largest absolute Gasteiger partial charge is 0.492 e. The second-order valence-electron chi connectivity index (χ2n) is 3.78. The summed E-state index contributed by atoms with van der Waals surface area (Å²) < 4.78 is 10.2. The molecule has 0 aliphatic heterocycles. The average Bonchev–Trinajstić information content (AvgIpc) is 2.37. The number of carbonyl (C=O) groups excluding carboxylic acids is 1. The zero-order chi connectivity index (χ0) is 13.4. The van der Waals surface area contributed by atoms with Crippen LogP contribution in [-0.2, 0) is 4.74 Å². The Morgan fingerprint density at radius 3 is 2.83 bits per heavy atom. The van der Waals surface area contributed by atoms with Crippen LogP contribution >= 0.6 is 0 Å². The van der Waals surface area contributed by atoms with Crippen LogP contribution in [0, 0.1) is 0 Å². The third kappa shape index (κ3) is 4.35. The molecule has 100 valence electrons. The molecular formula is C13H20N2O3. The monoisotopic (exact) mass is 252 g/mol. The van der Waals surface area contributed by atoms with E-state index >= 15 is 0 Å². The Hall–Kier alpha value is -1.59. The number of ether oxygens (including phenoxy) is 2. The highest BCUT2D eigenvalue weighted by Gasteiger charge is 2.08. The highest BCUT2D eigenvalue weighted by atomic mass is 16.5. The van der Waals surface area contributed by atoms with Gasteiger partial charge in [-0.15, -0.1) is 0 Å². The van der Waals surface area contributed by atoms with E-state index in [-0.39, 0.29) is 12.3 Å². The van der Waals surface area contributed by atoms with Gasteiger partial charge in [0.05, 0.1) is 25.4 Å². The summed E-state index contributed by atoms with van der Waals surface area (Å²) in [4.78, 5) is 11.8. The van der Waals surface area contributed by atoms with Gasteiger partial charge in [-0.1, -0.05) is 0 Å². The number of nitrogen functional groups attached to an aromatic ring is 1. The fraction of sp³-hybridized carbons (Fsp3) is 0.462. The van der Waals surface area contributed by atoms with Gasteiger partial charge in [0.15, 0.2) is 5.78 Å². The van der Waals surface area contributed by atoms with Crippen molar-refractivity contribution >= 4 is 11.5 Å². The molecule has 1 aromatic rings. The number of anilines is 1. The van der Waals surface area contributed by atoms with Crippen LogP contribution in [0.25, 0.3) is 0 Å². The van der Waals surface area contributed by atoms with Crippen molar-refractivity contribution in [2.45, 2.75) is 6.92 Å². The molecule has 0 amide bonds. The van der Waals surface area contributed by atoms with Crippen molar-refractivity contribution in [2.24, 2.45) is 0 Å². The van der Waals surface area contributed by atoms with Crippen LogP contribution in [0.4, 0.5) is 5.69 Å². The third-order valence-corrected chi connectivity index (χ3v) is 2.40. The summed E-state index contributed by atoms with van der Waals surface area (Å²) in [5.74, 6) is 0.613. The Bertz CT molecular complexity index is 394. The summed E-state index contributed by atoms with van der Waals surface area (Å²) in [6.45, 7) is 3.94. The van der Waals surface area contributed by atoms with Crippen molar-refractivity contribution in [3.05, 3.63) is 23.8 Å². The molecule has 1 rings (SSSR count). The van der Waals surface area contributed by atoms with E-state index in [1.165, 1.54) is 0 Å².